The zero-order chi connectivity index (χ0) is 16.2. The average Bonchev–Trinajstić information content (AvgIpc) is 2.37. The van der Waals surface area contributed by atoms with Crippen LogP contribution < -0.4 is 15.8 Å². The van der Waals surface area contributed by atoms with E-state index in [1.807, 2.05) is 20.8 Å². The van der Waals surface area contributed by atoms with Crippen LogP contribution in [0.4, 0.5) is 10.5 Å². The first kappa shape index (κ1) is 16.4. The number of nitrogen functional groups attached to an aromatic ring is 1. The molecule has 0 bridgehead atoms. The molecule has 22 heavy (non-hydrogen) atoms. The van der Waals surface area contributed by atoms with Gasteiger partial charge in [-0.1, -0.05) is 6.42 Å². The van der Waals surface area contributed by atoms with Gasteiger partial charge in [0.25, 0.3) is 0 Å². The molecule has 1 aliphatic carbocycles. The lowest BCUT2D eigenvalue weighted by atomic mass is 9.69. The van der Waals surface area contributed by atoms with Gasteiger partial charge in [0.05, 0.1) is 18.5 Å². The highest BCUT2D eigenvalue weighted by Gasteiger charge is 2.38. The lowest BCUT2D eigenvalue weighted by Gasteiger charge is -2.41. The highest BCUT2D eigenvalue weighted by atomic mass is 16.6. The molecule has 1 aromatic heterocycles. The summed E-state index contributed by atoms with van der Waals surface area (Å²) in [6.07, 6.45) is 6.02. The number of aromatic nitrogens is 1. The second kappa shape index (κ2) is 6.42. The predicted molar refractivity (Wildman–Crippen MR) is 84.7 cm³/mol. The summed E-state index contributed by atoms with van der Waals surface area (Å²) in [5.74, 6) is 0.638. The van der Waals surface area contributed by atoms with E-state index in [1.54, 1.807) is 18.5 Å². The number of nitrogens with zero attached hydrogens (tertiary/aromatic N) is 1. The molecule has 122 valence electrons. The highest BCUT2D eigenvalue weighted by molar-refractivity contribution is 5.67. The number of nitrogens with two attached hydrogens (primary N) is 1. The van der Waals surface area contributed by atoms with Gasteiger partial charge < -0.3 is 20.5 Å². The summed E-state index contributed by atoms with van der Waals surface area (Å²) in [7, 11) is 0. The maximum absolute atomic E-state index is 11.8. The maximum atomic E-state index is 11.8. The van der Waals surface area contributed by atoms with Crippen molar-refractivity contribution in [3.8, 4) is 5.75 Å². The van der Waals surface area contributed by atoms with Gasteiger partial charge in [0.15, 0.2) is 0 Å². The summed E-state index contributed by atoms with van der Waals surface area (Å²) in [6.45, 7) is 6.62. The molecule has 3 N–H and O–H groups in total. The molecule has 1 heterocycles. The number of hydrogen-bond acceptors (Lipinski definition) is 5. The zero-order valence-corrected chi connectivity index (χ0v) is 13.5. The first-order chi connectivity index (χ1) is 10.3. The second-order valence-corrected chi connectivity index (χ2v) is 6.91. The van der Waals surface area contributed by atoms with Crippen LogP contribution in [0, 0.1) is 5.41 Å². The van der Waals surface area contributed by atoms with Gasteiger partial charge in [-0.2, -0.15) is 0 Å². The lowest BCUT2D eigenvalue weighted by molar-refractivity contribution is 0.0331. The number of carbonyl (C=O) groups excluding carboxylic acids is 1. The van der Waals surface area contributed by atoms with Gasteiger partial charge in [0.2, 0.25) is 0 Å². The van der Waals surface area contributed by atoms with E-state index in [2.05, 4.69) is 10.3 Å². The van der Waals surface area contributed by atoms with Crippen LogP contribution in [0.25, 0.3) is 0 Å². The van der Waals surface area contributed by atoms with Gasteiger partial charge in [0, 0.05) is 24.2 Å². The Bertz CT molecular complexity index is 522. The van der Waals surface area contributed by atoms with Crippen LogP contribution >= 0.6 is 0 Å². The van der Waals surface area contributed by atoms with E-state index in [9.17, 15) is 4.79 Å². The molecule has 6 nitrogen and oxygen atoms in total. The van der Waals surface area contributed by atoms with E-state index in [1.165, 1.54) is 0 Å². The fraction of sp³-hybridized carbons (Fsp3) is 0.625. The molecule has 1 fully saturated rings. The molecule has 1 saturated carbocycles. The molecule has 0 saturated heterocycles. The number of pyridine rings is 1. The Balaban J connectivity index is 1.85. The van der Waals surface area contributed by atoms with E-state index in [4.69, 9.17) is 15.2 Å². The standard InChI is InChI=1S/C16H25N3O3/c1-15(2,3)22-14(20)19-10-16(6-4-7-16)11-21-13-5-8-18-9-12(13)17/h5,8-9H,4,6-7,10-11,17H2,1-3H3,(H,19,20). The summed E-state index contributed by atoms with van der Waals surface area (Å²) in [4.78, 5) is 15.7. The minimum absolute atomic E-state index is 0.0351. The monoisotopic (exact) mass is 307 g/mol. The number of rotatable bonds is 5. The predicted octanol–water partition coefficient (Wildman–Crippen LogP) is 2.74. The van der Waals surface area contributed by atoms with Gasteiger partial charge in [-0.25, -0.2) is 4.79 Å². The Morgan fingerprint density at radius 1 is 1.45 bits per heavy atom. The molecule has 0 atom stereocenters. The topological polar surface area (TPSA) is 86.5 Å². The number of carbonyl (C=O) groups is 1. The summed E-state index contributed by atoms with van der Waals surface area (Å²) in [6, 6.07) is 1.75. The molecule has 0 radical (unpaired) electrons. The average molecular weight is 307 g/mol. The first-order valence-electron chi connectivity index (χ1n) is 7.59. The van der Waals surface area contributed by atoms with Crippen LogP contribution in [-0.4, -0.2) is 29.8 Å². The van der Waals surface area contributed by atoms with Crippen LogP contribution in [0.15, 0.2) is 18.5 Å². The molecule has 0 spiro atoms. The number of ether oxygens (including phenoxy) is 2. The van der Waals surface area contributed by atoms with Crippen molar-refractivity contribution in [3.05, 3.63) is 18.5 Å². The van der Waals surface area contributed by atoms with Crippen molar-refractivity contribution in [2.45, 2.75) is 45.6 Å². The van der Waals surface area contributed by atoms with Crippen LogP contribution in [0.5, 0.6) is 5.75 Å². The lowest BCUT2D eigenvalue weighted by Crippen LogP contribution is -2.47. The molecular weight excluding hydrogens is 282 g/mol. The van der Waals surface area contributed by atoms with E-state index < -0.39 is 5.60 Å². The number of alkyl carbamates (subject to hydrolysis) is 1. The van der Waals surface area contributed by atoms with Gasteiger partial charge in [-0.05, 0) is 33.6 Å². The van der Waals surface area contributed by atoms with Gasteiger partial charge in [-0.3, -0.25) is 4.98 Å². The summed E-state index contributed by atoms with van der Waals surface area (Å²) >= 11 is 0. The number of nitrogens with one attached hydrogen (secondary N) is 1. The number of hydrogen-bond donors (Lipinski definition) is 2. The van der Waals surface area contributed by atoms with Crippen molar-refractivity contribution in [2.75, 3.05) is 18.9 Å². The van der Waals surface area contributed by atoms with Crippen LogP contribution in [0.1, 0.15) is 40.0 Å². The Morgan fingerprint density at radius 2 is 2.18 bits per heavy atom. The van der Waals surface area contributed by atoms with Gasteiger partial charge in [-0.15, -0.1) is 0 Å². The second-order valence-electron chi connectivity index (χ2n) is 6.91. The molecule has 1 amide bonds. The quantitative estimate of drug-likeness (QED) is 0.873. The zero-order valence-electron chi connectivity index (χ0n) is 13.5. The van der Waals surface area contributed by atoms with Crippen molar-refractivity contribution in [1.29, 1.82) is 0 Å². The van der Waals surface area contributed by atoms with Crippen molar-refractivity contribution < 1.29 is 14.3 Å². The number of amides is 1. The molecule has 0 aliphatic heterocycles. The first-order valence-corrected chi connectivity index (χ1v) is 7.59. The fourth-order valence-corrected chi connectivity index (χ4v) is 2.38. The van der Waals surface area contributed by atoms with Gasteiger partial charge >= 0.3 is 6.09 Å². The summed E-state index contributed by atoms with van der Waals surface area (Å²) < 4.78 is 11.1. The van der Waals surface area contributed by atoms with E-state index in [0.717, 1.165) is 19.3 Å². The third kappa shape index (κ3) is 4.51. The summed E-state index contributed by atoms with van der Waals surface area (Å²) in [5.41, 5.74) is 5.83. The third-order valence-corrected chi connectivity index (χ3v) is 3.76. The SMILES string of the molecule is CC(C)(C)OC(=O)NCC1(COc2ccncc2N)CCC1. The maximum Gasteiger partial charge on any atom is 0.407 e. The molecule has 2 rings (SSSR count). The highest BCUT2D eigenvalue weighted by Crippen LogP contribution is 2.41. The number of anilines is 1. The van der Waals surface area contributed by atoms with E-state index in [-0.39, 0.29) is 11.5 Å². The molecule has 1 aliphatic rings. The Labute approximate surface area is 131 Å². The third-order valence-electron chi connectivity index (χ3n) is 3.76. The minimum atomic E-state index is -0.487. The molecule has 0 aromatic carbocycles. The summed E-state index contributed by atoms with van der Waals surface area (Å²) in [5, 5.41) is 2.85. The Hall–Kier alpha value is -1.98. The molecule has 6 heteroatoms. The molecule has 0 unspecified atom stereocenters. The Morgan fingerprint density at radius 3 is 2.73 bits per heavy atom. The van der Waals surface area contributed by atoms with Crippen molar-refractivity contribution in [2.24, 2.45) is 5.41 Å². The minimum Gasteiger partial charge on any atom is -0.491 e. The smallest absolute Gasteiger partial charge is 0.407 e. The fourth-order valence-electron chi connectivity index (χ4n) is 2.38. The van der Waals surface area contributed by atoms with Crippen molar-refractivity contribution >= 4 is 11.8 Å². The van der Waals surface area contributed by atoms with Crippen molar-refractivity contribution in [3.63, 3.8) is 0 Å². The normalized spacial score (nSPS) is 16.5. The van der Waals surface area contributed by atoms with E-state index >= 15 is 0 Å². The van der Waals surface area contributed by atoms with Crippen LogP contribution in [0.2, 0.25) is 0 Å². The largest absolute Gasteiger partial charge is 0.491 e. The molecule has 1 aromatic rings. The van der Waals surface area contributed by atoms with Crippen LogP contribution in [0.3, 0.4) is 0 Å². The van der Waals surface area contributed by atoms with E-state index in [0.29, 0.717) is 24.6 Å². The molecular formula is C16H25N3O3. The van der Waals surface area contributed by atoms with Gasteiger partial charge in [0.1, 0.15) is 11.4 Å². The van der Waals surface area contributed by atoms with Crippen molar-refractivity contribution in [1.82, 2.24) is 10.3 Å². The van der Waals surface area contributed by atoms with Crippen LogP contribution in [-0.2, 0) is 4.74 Å². The Kier molecular flexibility index (Phi) is 4.78.